The van der Waals surface area contributed by atoms with Gasteiger partial charge < -0.3 is 4.74 Å². The number of rotatable bonds is 3. The molecule has 0 aliphatic heterocycles. The first-order valence-electron chi connectivity index (χ1n) is 4.93. The molecule has 0 aromatic heterocycles. The molecule has 0 unspecified atom stereocenters. The Morgan fingerprint density at radius 1 is 0.944 bits per heavy atom. The lowest BCUT2D eigenvalue weighted by molar-refractivity contribution is 0.476. The van der Waals surface area contributed by atoms with E-state index in [1.807, 2.05) is 0 Å². The second kappa shape index (κ2) is 4.73. The molecule has 0 spiro atoms. The van der Waals surface area contributed by atoms with Gasteiger partial charge in [0, 0.05) is 6.07 Å². The molecule has 0 fully saturated rings. The minimum atomic E-state index is -4.71. The molecule has 6 heteroatoms. The minimum absolute atomic E-state index is 0.269. The largest absolute Gasteiger partial charge is 0.457 e. The molecule has 0 N–H and O–H groups in total. The summed E-state index contributed by atoms with van der Waals surface area (Å²) in [5.41, 5.74) is 0. The van der Waals surface area contributed by atoms with Crippen molar-refractivity contribution in [2.45, 2.75) is 4.90 Å². The molecule has 18 heavy (non-hydrogen) atoms. The second-order valence-corrected chi connectivity index (χ2v) is 4.82. The SMILES string of the molecule is O=S(=O)(F)c1ccc(Oc2cccc(F)c2)cc1. The van der Waals surface area contributed by atoms with E-state index in [9.17, 15) is 16.7 Å². The first-order chi connectivity index (χ1) is 8.45. The minimum Gasteiger partial charge on any atom is -0.457 e. The van der Waals surface area contributed by atoms with Crippen LogP contribution in [0.2, 0.25) is 0 Å². The van der Waals surface area contributed by atoms with Crippen LogP contribution in [-0.4, -0.2) is 8.42 Å². The lowest BCUT2D eigenvalue weighted by Gasteiger charge is -2.05. The molecule has 3 nitrogen and oxygen atoms in total. The number of benzene rings is 2. The standard InChI is InChI=1S/C12H8F2O3S/c13-9-2-1-3-11(8-9)17-10-4-6-12(7-5-10)18(14,15)16/h1-8H. The second-order valence-electron chi connectivity index (χ2n) is 3.47. The highest BCUT2D eigenvalue weighted by molar-refractivity contribution is 7.86. The summed E-state index contributed by atoms with van der Waals surface area (Å²) in [6.45, 7) is 0. The molecule has 94 valence electrons. The van der Waals surface area contributed by atoms with Gasteiger partial charge in [0.25, 0.3) is 0 Å². The maximum absolute atomic E-state index is 12.9. The van der Waals surface area contributed by atoms with E-state index in [0.29, 0.717) is 0 Å². The smallest absolute Gasteiger partial charge is 0.332 e. The maximum atomic E-state index is 12.9. The Hall–Kier alpha value is -1.95. The maximum Gasteiger partial charge on any atom is 0.332 e. The summed E-state index contributed by atoms with van der Waals surface area (Å²) in [5, 5.41) is 0. The average Bonchev–Trinajstić information content (AvgIpc) is 2.28. The number of hydrogen-bond donors (Lipinski definition) is 0. The summed E-state index contributed by atoms with van der Waals surface area (Å²) in [7, 11) is -4.71. The van der Waals surface area contributed by atoms with Crippen LogP contribution in [-0.2, 0) is 10.2 Å². The molecule has 0 aliphatic carbocycles. The quantitative estimate of drug-likeness (QED) is 0.804. The van der Waals surface area contributed by atoms with Crippen molar-refractivity contribution in [2.75, 3.05) is 0 Å². The van der Waals surface area contributed by atoms with Crippen LogP contribution in [0.15, 0.2) is 53.4 Å². The molecule has 0 atom stereocenters. The Morgan fingerprint density at radius 2 is 1.61 bits per heavy atom. The van der Waals surface area contributed by atoms with E-state index in [2.05, 4.69) is 0 Å². The lowest BCUT2D eigenvalue weighted by Crippen LogP contribution is -1.91. The average molecular weight is 270 g/mol. The van der Waals surface area contributed by atoms with Crippen LogP contribution in [0.3, 0.4) is 0 Å². The zero-order valence-corrected chi connectivity index (χ0v) is 9.82. The Balaban J connectivity index is 2.21. The zero-order valence-electron chi connectivity index (χ0n) is 9.01. The fourth-order valence-electron chi connectivity index (χ4n) is 1.34. The molecule has 0 saturated carbocycles. The van der Waals surface area contributed by atoms with E-state index in [-0.39, 0.29) is 11.5 Å². The van der Waals surface area contributed by atoms with Crippen molar-refractivity contribution in [2.24, 2.45) is 0 Å². The van der Waals surface area contributed by atoms with Crippen molar-refractivity contribution < 1.29 is 21.4 Å². The van der Waals surface area contributed by atoms with Gasteiger partial charge in [0.05, 0.1) is 4.90 Å². The van der Waals surface area contributed by atoms with Crippen molar-refractivity contribution >= 4 is 10.2 Å². The molecule has 2 aromatic rings. The van der Waals surface area contributed by atoms with Crippen LogP contribution >= 0.6 is 0 Å². The Kier molecular flexibility index (Phi) is 3.29. The molecular weight excluding hydrogens is 262 g/mol. The highest BCUT2D eigenvalue weighted by atomic mass is 32.3. The molecular formula is C12H8F2O3S. The van der Waals surface area contributed by atoms with E-state index in [1.54, 1.807) is 6.07 Å². The lowest BCUT2D eigenvalue weighted by atomic mass is 10.3. The first-order valence-corrected chi connectivity index (χ1v) is 6.32. The monoisotopic (exact) mass is 270 g/mol. The van der Waals surface area contributed by atoms with Crippen LogP contribution in [0.1, 0.15) is 0 Å². The summed E-state index contributed by atoms with van der Waals surface area (Å²) >= 11 is 0. The van der Waals surface area contributed by atoms with Gasteiger partial charge in [-0.15, -0.1) is 3.89 Å². The summed E-state index contributed by atoms with van der Waals surface area (Å²) in [6.07, 6.45) is 0. The van der Waals surface area contributed by atoms with E-state index >= 15 is 0 Å². The predicted octanol–water partition coefficient (Wildman–Crippen LogP) is 3.28. The van der Waals surface area contributed by atoms with E-state index in [1.165, 1.54) is 30.3 Å². The van der Waals surface area contributed by atoms with Crippen LogP contribution in [0.5, 0.6) is 11.5 Å². The van der Waals surface area contributed by atoms with Crippen LogP contribution in [0, 0.1) is 5.82 Å². The van der Waals surface area contributed by atoms with Gasteiger partial charge >= 0.3 is 10.2 Å². The number of hydrogen-bond acceptors (Lipinski definition) is 3. The molecule has 0 radical (unpaired) electrons. The van der Waals surface area contributed by atoms with Crippen molar-refractivity contribution in [1.29, 1.82) is 0 Å². The Morgan fingerprint density at radius 3 is 2.17 bits per heavy atom. The molecule has 2 rings (SSSR count). The molecule has 2 aromatic carbocycles. The van der Waals surface area contributed by atoms with Gasteiger partial charge in [-0.3, -0.25) is 0 Å². The van der Waals surface area contributed by atoms with E-state index in [0.717, 1.165) is 12.1 Å². The van der Waals surface area contributed by atoms with Gasteiger partial charge in [0.2, 0.25) is 0 Å². The first kappa shape index (κ1) is 12.5. The highest BCUT2D eigenvalue weighted by Gasteiger charge is 2.11. The summed E-state index contributed by atoms with van der Waals surface area (Å²) in [5.74, 6) is 0.106. The Bertz CT molecular complexity index is 651. The normalized spacial score (nSPS) is 11.2. The molecule has 0 bridgehead atoms. The summed E-state index contributed by atoms with van der Waals surface area (Å²) < 4.78 is 51.9. The molecule has 0 aliphatic rings. The van der Waals surface area contributed by atoms with Gasteiger partial charge in [0.1, 0.15) is 17.3 Å². The fraction of sp³-hybridized carbons (Fsp3) is 0. The van der Waals surface area contributed by atoms with Crippen LogP contribution in [0.25, 0.3) is 0 Å². The summed E-state index contributed by atoms with van der Waals surface area (Å²) in [4.78, 5) is -0.450. The highest BCUT2D eigenvalue weighted by Crippen LogP contribution is 2.23. The van der Waals surface area contributed by atoms with Crippen LogP contribution < -0.4 is 4.74 Å². The third-order valence-electron chi connectivity index (χ3n) is 2.14. The molecule has 0 heterocycles. The molecule has 0 saturated heterocycles. The Labute approximate surface area is 103 Å². The van der Waals surface area contributed by atoms with Crippen molar-refractivity contribution in [1.82, 2.24) is 0 Å². The van der Waals surface area contributed by atoms with E-state index < -0.39 is 20.9 Å². The number of halogens is 2. The number of ether oxygens (including phenoxy) is 1. The van der Waals surface area contributed by atoms with Crippen molar-refractivity contribution in [3.8, 4) is 11.5 Å². The molecule has 0 amide bonds. The van der Waals surface area contributed by atoms with Gasteiger partial charge in [-0.2, -0.15) is 8.42 Å². The van der Waals surface area contributed by atoms with Gasteiger partial charge in [-0.1, -0.05) is 6.07 Å². The van der Waals surface area contributed by atoms with Crippen LogP contribution in [0.4, 0.5) is 8.28 Å². The zero-order chi connectivity index (χ0) is 13.2. The third kappa shape index (κ3) is 3.04. The van der Waals surface area contributed by atoms with Gasteiger partial charge in [0.15, 0.2) is 0 Å². The van der Waals surface area contributed by atoms with Crippen molar-refractivity contribution in [3.63, 3.8) is 0 Å². The third-order valence-corrected chi connectivity index (χ3v) is 2.97. The summed E-state index contributed by atoms with van der Waals surface area (Å²) in [6, 6.07) is 10.2. The van der Waals surface area contributed by atoms with Crippen molar-refractivity contribution in [3.05, 3.63) is 54.3 Å². The van der Waals surface area contributed by atoms with Gasteiger partial charge in [-0.25, -0.2) is 4.39 Å². The van der Waals surface area contributed by atoms with E-state index in [4.69, 9.17) is 4.74 Å². The van der Waals surface area contributed by atoms with Gasteiger partial charge in [-0.05, 0) is 36.4 Å². The predicted molar refractivity (Wildman–Crippen MR) is 61.2 cm³/mol. The topological polar surface area (TPSA) is 43.4 Å². The fourth-order valence-corrected chi connectivity index (χ4v) is 1.80.